The number of aryl methyl sites for hydroxylation is 1. The van der Waals surface area contributed by atoms with Gasteiger partial charge in [0.2, 0.25) is 5.91 Å². The van der Waals surface area contributed by atoms with Crippen LogP contribution < -0.4 is 20.1 Å². The maximum atomic E-state index is 12.5. The number of ether oxygens (including phenoxy) is 2. The number of nitrogens with one attached hydrogen (secondary N) is 2. The van der Waals surface area contributed by atoms with Gasteiger partial charge in [-0.05, 0) is 79.8 Å². The molecule has 35 heavy (non-hydrogen) atoms. The van der Waals surface area contributed by atoms with E-state index in [1.54, 1.807) is 38.7 Å². The lowest BCUT2D eigenvalue weighted by Crippen LogP contribution is -2.11. The summed E-state index contributed by atoms with van der Waals surface area (Å²) in [5.74, 6) is 1.71. The third-order valence-electron chi connectivity index (χ3n) is 6.12. The number of pyridine rings is 1. The van der Waals surface area contributed by atoms with Gasteiger partial charge in [0, 0.05) is 34.6 Å². The fourth-order valence-corrected chi connectivity index (χ4v) is 4.43. The van der Waals surface area contributed by atoms with Gasteiger partial charge in [-0.1, -0.05) is 0 Å². The highest BCUT2D eigenvalue weighted by molar-refractivity contribution is 6.04. The highest BCUT2D eigenvalue weighted by atomic mass is 16.5. The van der Waals surface area contributed by atoms with Gasteiger partial charge in [-0.2, -0.15) is 0 Å². The Morgan fingerprint density at radius 2 is 1.83 bits per heavy atom. The molecule has 0 saturated carbocycles. The third-order valence-corrected chi connectivity index (χ3v) is 6.12. The Hall–Kier alpha value is -4.26. The fourth-order valence-electron chi connectivity index (χ4n) is 4.43. The summed E-state index contributed by atoms with van der Waals surface area (Å²) in [7, 11) is 3.25. The highest BCUT2D eigenvalue weighted by Crippen LogP contribution is 2.38. The second kappa shape index (κ2) is 9.93. The minimum absolute atomic E-state index is 0.235. The van der Waals surface area contributed by atoms with E-state index in [-0.39, 0.29) is 5.91 Å². The number of amides is 1. The molecule has 0 atom stereocenters. The van der Waals surface area contributed by atoms with Crippen LogP contribution in [-0.2, 0) is 17.6 Å². The molecule has 0 fully saturated rings. The first-order valence-electron chi connectivity index (χ1n) is 11.6. The van der Waals surface area contributed by atoms with Gasteiger partial charge in [-0.25, -0.2) is 0 Å². The number of anilines is 3. The van der Waals surface area contributed by atoms with Gasteiger partial charge in [-0.3, -0.25) is 9.78 Å². The summed E-state index contributed by atoms with van der Waals surface area (Å²) in [4.78, 5) is 17.4. The molecule has 1 amide bonds. The van der Waals surface area contributed by atoms with Crippen molar-refractivity contribution in [3.05, 3.63) is 77.9 Å². The highest BCUT2D eigenvalue weighted by Gasteiger charge is 2.19. The Morgan fingerprint density at radius 1 is 1.00 bits per heavy atom. The van der Waals surface area contributed by atoms with Crippen molar-refractivity contribution in [2.24, 2.45) is 0 Å². The predicted molar refractivity (Wildman–Crippen MR) is 138 cm³/mol. The molecule has 0 saturated heterocycles. The Balaban J connectivity index is 1.51. The number of carbonyl (C=O) groups is 1. The van der Waals surface area contributed by atoms with Crippen LogP contribution in [0.25, 0.3) is 17.0 Å². The first-order chi connectivity index (χ1) is 17.1. The Kier molecular flexibility index (Phi) is 6.39. The molecule has 1 aliphatic rings. The number of rotatable bonds is 7. The second-order valence-electron chi connectivity index (χ2n) is 8.38. The van der Waals surface area contributed by atoms with Crippen LogP contribution in [0.4, 0.5) is 17.1 Å². The molecule has 5 rings (SSSR count). The number of furan rings is 1. The van der Waals surface area contributed by atoms with Crippen LogP contribution in [0.3, 0.4) is 0 Å². The van der Waals surface area contributed by atoms with E-state index in [0.29, 0.717) is 22.9 Å². The van der Waals surface area contributed by atoms with Gasteiger partial charge >= 0.3 is 0 Å². The molecule has 2 aromatic heterocycles. The molecule has 2 heterocycles. The summed E-state index contributed by atoms with van der Waals surface area (Å²) in [6.45, 7) is 0. The minimum atomic E-state index is -0.235. The van der Waals surface area contributed by atoms with Crippen LogP contribution in [0, 0.1) is 0 Å². The number of nitrogens with zero attached hydrogens (tertiary/aromatic N) is 1. The monoisotopic (exact) mass is 469 g/mol. The van der Waals surface area contributed by atoms with Crippen molar-refractivity contribution >= 4 is 39.9 Å². The molecule has 1 aliphatic carbocycles. The standard InChI is InChI=1S/C28H27N3O4/c1-33-25-13-10-19(17-26(25)34-2)30-28-21-7-3-4-8-23(21)31-24-12-9-18(16-22(24)28)29-27(32)14-11-20-6-5-15-35-20/h5-6,9-17H,3-4,7-8H2,1-2H3,(H,29,32)(H,30,31). The molecule has 2 aromatic carbocycles. The number of carbonyl (C=O) groups excluding carboxylic acids is 1. The van der Waals surface area contributed by atoms with E-state index in [9.17, 15) is 4.79 Å². The Labute approximate surface area is 203 Å². The second-order valence-corrected chi connectivity index (χ2v) is 8.38. The minimum Gasteiger partial charge on any atom is -0.493 e. The summed E-state index contributed by atoms with van der Waals surface area (Å²) in [6.07, 6.45) is 8.83. The molecule has 2 N–H and O–H groups in total. The molecule has 0 bridgehead atoms. The zero-order valence-electron chi connectivity index (χ0n) is 19.8. The van der Waals surface area contributed by atoms with Gasteiger partial charge in [0.05, 0.1) is 31.7 Å². The van der Waals surface area contributed by atoms with Crippen molar-refractivity contribution in [2.45, 2.75) is 25.7 Å². The van der Waals surface area contributed by atoms with Crippen molar-refractivity contribution in [3.63, 3.8) is 0 Å². The maximum Gasteiger partial charge on any atom is 0.248 e. The summed E-state index contributed by atoms with van der Waals surface area (Å²) in [5.41, 5.74) is 5.83. The number of hydrogen-bond donors (Lipinski definition) is 2. The van der Waals surface area contributed by atoms with Gasteiger partial charge in [0.25, 0.3) is 0 Å². The van der Waals surface area contributed by atoms with Crippen molar-refractivity contribution in [1.82, 2.24) is 4.98 Å². The average Bonchev–Trinajstić information content (AvgIpc) is 3.41. The lowest BCUT2D eigenvalue weighted by atomic mass is 9.92. The van der Waals surface area contributed by atoms with E-state index in [2.05, 4.69) is 10.6 Å². The molecule has 0 radical (unpaired) electrons. The molecule has 7 nitrogen and oxygen atoms in total. The van der Waals surface area contributed by atoms with E-state index < -0.39 is 0 Å². The number of hydrogen-bond acceptors (Lipinski definition) is 6. The van der Waals surface area contributed by atoms with Crippen molar-refractivity contribution in [1.29, 1.82) is 0 Å². The van der Waals surface area contributed by atoms with E-state index in [1.165, 1.54) is 11.6 Å². The Morgan fingerprint density at radius 3 is 2.63 bits per heavy atom. The maximum absolute atomic E-state index is 12.5. The summed E-state index contributed by atoms with van der Waals surface area (Å²) < 4.78 is 16.1. The third kappa shape index (κ3) is 4.84. The number of fused-ring (bicyclic) bond motifs is 2. The lowest BCUT2D eigenvalue weighted by Gasteiger charge is -2.22. The first kappa shape index (κ1) is 22.5. The van der Waals surface area contributed by atoms with Crippen molar-refractivity contribution in [2.75, 3.05) is 24.9 Å². The van der Waals surface area contributed by atoms with E-state index in [1.807, 2.05) is 36.4 Å². The van der Waals surface area contributed by atoms with Gasteiger partial charge in [-0.15, -0.1) is 0 Å². The number of benzene rings is 2. The molecule has 7 heteroatoms. The average molecular weight is 470 g/mol. The number of methoxy groups -OCH3 is 2. The molecular formula is C28H27N3O4. The SMILES string of the molecule is COc1ccc(Nc2c3c(nc4ccc(NC(=O)C=Cc5ccco5)cc24)CCCC3)cc1OC. The molecule has 178 valence electrons. The normalized spacial score (nSPS) is 13.0. The van der Waals surface area contributed by atoms with Crippen molar-refractivity contribution in [3.8, 4) is 11.5 Å². The summed E-state index contributed by atoms with van der Waals surface area (Å²) in [5, 5.41) is 7.50. The quantitative estimate of drug-likeness (QED) is 0.317. The first-order valence-corrected chi connectivity index (χ1v) is 11.6. The fraction of sp³-hybridized carbons (Fsp3) is 0.214. The van der Waals surface area contributed by atoms with Gasteiger partial charge in [0.1, 0.15) is 5.76 Å². The molecule has 4 aromatic rings. The number of aromatic nitrogens is 1. The lowest BCUT2D eigenvalue weighted by molar-refractivity contribution is -0.111. The molecule has 0 aliphatic heterocycles. The smallest absolute Gasteiger partial charge is 0.248 e. The van der Waals surface area contributed by atoms with Crippen molar-refractivity contribution < 1.29 is 18.7 Å². The largest absolute Gasteiger partial charge is 0.493 e. The van der Waals surface area contributed by atoms with E-state index in [0.717, 1.165) is 53.7 Å². The van der Waals surface area contributed by atoms with E-state index >= 15 is 0 Å². The molecular weight excluding hydrogens is 442 g/mol. The van der Waals surface area contributed by atoms with Crippen LogP contribution in [0.2, 0.25) is 0 Å². The zero-order valence-corrected chi connectivity index (χ0v) is 19.8. The van der Waals surface area contributed by atoms with Gasteiger partial charge < -0.3 is 24.5 Å². The van der Waals surface area contributed by atoms with Gasteiger partial charge in [0.15, 0.2) is 11.5 Å². The predicted octanol–water partition coefficient (Wildman–Crippen LogP) is 6.12. The van der Waals surface area contributed by atoms with Crippen LogP contribution in [0.15, 0.2) is 65.3 Å². The van der Waals surface area contributed by atoms with Crippen LogP contribution in [0.5, 0.6) is 11.5 Å². The van der Waals surface area contributed by atoms with Crippen LogP contribution in [0.1, 0.15) is 29.9 Å². The molecule has 0 unspecified atom stereocenters. The van der Waals surface area contributed by atoms with E-state index in [4.69, 9.17) is 18.9 Å². The summed E-state index contributed by atoms with van der Waals surface area (Å²) >= 11 is 0. The van der Waals surface area contributed by atoms with Crippen LogP contribution >= 0.6 is 0 Å². The molecule has 0 spiro atoms. The van der Waals surface area contributed by atoms with Crippen LogP contribution in [-0.4, -0.2) is 25.1 Å². The Bertz CT molecular complexity index is 1390. The summed E-state index contributed by atoms with van der Waals surface area (Å²) in [6, 6.07) is 15.1. The zero-order chi connectivity index (χ0) is 24.2. The topological polar surface area (TPSA) is 85.6 Å².